The van der Waals surface area contributed by atoms with Crippen molar-refractivity contribution in [3.8, 4) is 17.0 Å². The first-order valence-electron chi connectivity index (χ1n) is 7.48. The Bertz CT molecular complexity index is 771. The van der Waals surface area contributed by atoms with Gasteiger partial charge in [-0.15, -0.1) is 0 Å². The van der Waals surface area contributed by atoms with Gasteiger partial charge in [0.2, 0.25) is 0 Å². The Morgan fingerprint density at radius 3 is 2.39 bits per heavy atom. The molecule has 0 saturated carbocycles. The monoisotopic (exact) mass is 307 g/mol. The van der Waals surface area contributed by atoms with Gasteiger partial charge < -0.3 is 4.74 Å². The molecule has 0 spiro atoms. The Morgan fingerprint density at radius 2 is 1.91 bits per heavy atom. The van der Waals surface area contributed by atoms with Crippen molar-refractivity contribution in [2.24, 2.45) is 0 Å². The first kappa shape index (κ1) is 16.7. The zero-order chi connectivity index (χ0) is 17.0. The molecule has 0 aliphatic carbocycles. The molecule has 0 saturated heterocycles. The summed E-state index contributed by atoms with van der Waals surface area (Å²) in [6.45, 7) is 9.30. The number of benzene rings is 1. The molecule has 3 nitrogen and oxygen atoms in total. The number of carbonyl (C=O) groups is 1. The summed E-state index contributed by atoms with van der Waals surface area (Å²) in [5.41, 5.74) is 4.66. The molecule has 23 heavy (non-hydrogen) atoms. The molecular formula is C20H21NO2. The highest BCUT2D eigenvalue weighted by Gasteiger charge is 2.21. The molecule has 0 aliphatic heterocycles. The number of pyridine rings is 1. The number of hydrogen-bond donors (Lipinski definition) is 0. The third-order valence-corrected chi connectivity index (χ3v) is 3.63. The molecule has 0 atom stereocenters. The van der Waals surface area contributed by atoms with E-state index in [4.69, 9.17) is 9.72 Å². The second-order valence-corrected chi connectivity index (χ2v) is 5.29. The van der Waals surface area contributed by atoms with E-state index < -0.39 is 0 Å². The molecule has 3 heteroatoms. The first-order valence-corrected chi connectivity index (χ1v) is 7.48. The minimum absolute atomic E-state index is 0.0711. The maximum atomic E-state index is 12.2. The molecule has 0 radical (unpaired) electrons. The van der Waals surface area contributed by atoms with Gasteiger partial charge in [-0.25, -0.2) is 4.98 Å². The van der Waals surface area contributed by atoms with Crippen molar-refractivity contribution in [1.29, 1.82) is 0 Å². The maximum absolute atomic E-state index is 12.2. The summed E-state index contributed by atoms with van der Waals surface area (Å²) in [4.78, 5) is 16.9. The number of ketones is 1. The molecule has 1 aromatic heterocycles. The van der Waals surface area contributed by atoms with Gasteiger partial charge >= 0.3 is 0 Å². The minimum atomic E-state index is -0.0711. The Kier molecular flexibility index (Phi) is 5.12. The van der Waals surface area contributed by atoms with Crippen LogP contribution in [0.4, 0.5) is 0 Å². The third kappa shape index (κ3) is 3.24. The van der Waals surface area contributed by atoms with Crippen LogP contribution in [0.1, 0.15) is 41.0 Å². The van der Waals surface area contributed by atoms with Gasteiger partial charge in [-0.05, 0) is 26.8 Å². The van der Waals surface area contributed by atoms with Gasteiger partial charge in [0, 0.05) is 11.1 Å². The van der Waals surface area contributed by atoms with Gasteiger partial charge in [0.05, 0.1) is 18.4 Å². The summed E-state index contributed by atoms with van der Waals surface area (Å²) >= 11 is 0. The van der Waals surface area contributed by atoms with E-state index in [0.717, 1.165) is 11.1 Å². The molecule has 1 aromatic carbocycles. The lowest BCUT2D eigenvalue weighted by Gasteiger charge is -2.16. The molecule has 0 unspecified atom stereocenters. The first-order chi connectivity index (χ1) is 11.0. The van der Waals surface area contributed by atoms with E-state index in [1.807, 2.05) is 50.3 Å². The summed E-state index contributed by atoms with van der Waals surface area (Å²) in [5, 5.41) is 0. The van der Waals surface area contributed by atoms with Crippen molar-refractivity contribution in [3.63, 3.8) is 0 Å². The number of ether oxygens (including phenoxy) is 1. The second kappa shape index (κ2) is 7.05. The number of aromatic nitrogens is 1. The zero-order valence-corrected chi connectivity index (χ0v) is 14.0. The zero-order valence-electron chi connectivity index (χ0n) is 14.0. The summed E-state index contributed by atoms with van der Waals surface area (Å²) < 4.78 is 5.54. The molecule has 1 heterocycles. The number of carbonyl (C=O) groups excluding carboxylic acids is 1. The number of nitrogens with zero attached hydrogens (tertiary/aromatic N) is 1. The van der Waals surface area contributed by atoms with Crippen molar-refractivity contribution in [2.45, 2.75) is 20.8 Å². The van der Waals surface area contributed by atoms with Gasteiger partial charge in [-0.2, -0.15) is 0 Å². The van der Waals surface area contributed by atoms with Crippen LogP contribution in [-0.4, -0.2) is 17.9 Å². The van der Waals surface area contributed by atoms with Crippen LogP contribution >= 0.6 is 0 Å². The number of allylic oxidation sites excluding steroid dienone is 1. The average Bonchev–Trinajstić information content (AvgIpc) is 2.54. The third-order valence-electron chi connectivity index (χ3n) is 3.63. The summed E-state index contributed by atoms with van der Waals surface area (Å²) in [5.74, 6) is 0.419. The summed E-state index contributed by atoms with van der Waals surface area (Å²) in [7, 11) is 1.56. The Balaban J connectivity index is 2.87. The molecule has 2 aromatic rings. The number of methoxy groups -OCH3 is 1. The lowest BCUT2D eigenvalue weighted by Crippen LogP contribution is -2.07. The van der Waals surface area contributed by atoms with E-state index in [1.54, 1.807) is 13.2 Å². The van der Waals surface area contributed by atoms with E-state index in [1.165, 1.54) is 6.92 Å². The minimum Gasteiger partial charge on any atom is -0.494 e. The van der Waals surface area contributed by atoms with Crippen LogP contribution < -0.4 is 4.74 Å². The smallest absolute Gasteiger partial charge is 0.164 e. The number of Topliss-reactive ketones (excluding diaryl/α,β-unsaturated/α-hetero) is 1. The van der Waals surface area contributed by atoms with E-state index >= 15 is 0 Å². The second-order valence-electron chi connectivity index (χ2n) is 5.29. The standard InChI is InChI=1S/C20H21NO2/c1-6-8-17-16(7-2)18(14(4)22)20(23-5)19(21-17)15-11-9-13(3)10-12-15/h6-12H,2H2,1,3-5H3/b8-6-. The topological polar surface area (TPSA) is 39.2 Å². The highest BCUT2D eigenvalue weighted by molar-refractivity contribution is 6.03. The fourth-order valence-electron chi connectivity index (χ4n) is 2.55. The number of hydrogen-bond acceptors (Lipinski definition) is 3. The van der Waals surface area contributed by atoms with Crippen LogP contribution in [0, 0.1) is 6.92 Å². The van der Waals surface area contributed by atoms with Crippen molar-refractivity contribution < 1.29 is 9.53 Å². The van der Waals surface area contributed by atoms with Gasteiger partial charge in [0.1, 0.15) is 5.69 Å². The normalized spacial score (nSPS) is 10.8. The van der Waals surface area contributed by atoms with E-state index in [9.17, 15) is 4.79 Å². The van der Waals surface area contributed by atoms with Crippen molar-refractivity contribution in [3.05, 3.63) is 59.3 Å². The van der Waals surface area contributed by atoms with E-state index in [0.29, 0.717) is 28.3 Å². The Labute approximate surface area is 137 Å². The fraction of sp³-hybridized carbons (Fsp3) is 0.200. The van der Waals surface area contributed by atoms with Gasteiger partial charge in [-0.1, -0.05) is 48.6 Å². The highest BCUT2D eigenvalue weighted by Crippen LogP contribution is 2.36. The number of rotatable bonds is 5. The lowest BCUT2D eigenvalue weighted by molar-refractivity contribution is 0.101. The van der Waals surface area contributed by atoms with Crippen molar-refractivity contribution >= 4 is 17.9 Å². The summed E-state index contributed by atoms with van der Waals surface area (Å²) in [6, 6.07) is 8.00. The molecule has 0 bridgehead atoms. The van der Waals surface area contributed by atoms with Crippen LogP contribution in [0.2, 0.25) is 0 Å². The van der Waals surface area contributed by atoms with Crippen LogP contribution in [0.25, 0.3) is 23.4 Å². The Hall–Kier alpha value is -2.68. The predicted octanol–water partition coefficient (Wildman–Crippen LogP) is 4.94. The van der Waals surface area contributed by atoms with E-state index in [2.05, 4.69) is 6.58 Å². The molecule has 2 rings (SSSR count). The summed E-state index contributed by atoms with van der Waals surface area (Å²) in [6.07, 6.45) is 5.42. The van der Waals surface area contributed by atoms with Crippen molar-refractivity contribution in [1.82, 2.24) is 4.98 Å². The van der Waals surface area contributed by atoms with E-state index in [-0.39, 0.29) is 5.78 Å². The lowest BCUT2D eigenvalue weighted by atomic mass is 9.97. The highest BCUT2D eigenvalue weighted by atomic mass is 16.5. The van der Waals surface area contributed by atoms with Crippen LogP contribution in [-0.2, 0) is 0 Å². The predicted molar refractivity (Wildman–Crippen MR) is 95.8 cm³/mol. The van der Waals surface area contributed by atoms with Crippen LogP contribution in [0.3, 0.4) is 0 Å². The SMILES string of the molecule is C=Cc1c(/C=C\C)nc(-c2ccc(C)cc2)c(OC)c1C(C)=O. The molecule has 118 valence electrons. The van der Waals surface area contributed by atoms with Gasteiger partial charge in [0.15, 0.2) is 11.5 Å². The van der Waals surface area contributed by atoms with Gasteiger partial charge in [0.25, 0.3) is 0 Å². The quantitative estimate of drug-likeness (QED) is 0.734. The maximum Gasteiger partial charge on any atom is 0.164 e. The average molecular weight is 307 g/mol. The molecule has 0 N–H and O–H groups in total. The Morgan fingerprint density at radius 1 is 1.26 bits per heavy atom. The van der Waals surface area contributed by atoms with Crippen molar-refractivity contribution in [2.75, 3.05) is 7.11 Å². The molecule has 0 fully saturated rings. The number of aryl methyl sites for hydroxylation is 1. The van der Waals surface area contributed by atoms with Gasteiger partial charge in [-0.3, -0.25) is 4.79 Å². The van der Waals surface area contributed by atoms with Crippen LogP contribution in [0.5, 0.6) is 5.75 Å². The van der Waals surface area contributed by atoms with Crippen LogP contribution in [0.15, 0.2) is 36.9 Å². The fourth-order valence-corrected chi connectivity index (χ4v) is 2.55. The molecule has 0 aliphatic rings. The largest absolute Gasteiger partial charge is 0.494 e. The molecule has 0 amide bonds. The molecular weight excluding hydrogens is 286 g/mol.